The first-order valence-corrected chi connectivity index (χ1v) is 13.0. The normalized spacial score (nSPS) is 20.7. The average molecular weight is 475 g/mol. The summed E-state index contributed by atoms with van der Waals surface area (Å²) >= 11 is 1.33. The van der Waals surface area contributed by atoms with E-state index < -0.39 is 0 Å². The third kappa shape index (κ3) is 7.16. The number of anilines is 1. The zero-order chi connectivity index (χ0) is 23.7. The van der Waals surface area contributed by atoms with Crippen molar-refractivity contribution in [2.75, 3.05) is 44.8 Å². The van der Waals surface area contributed by atoms with Crippen LogP contribution >= 0.6 is 11.8 Å². The molecule has 6 nitrogen and oxygen atoms in total. The van der Waals surface area contributed by atoms with Gasteiger partial charge in [-0.05, 0) is 37.6 Å². The molecule has 2 aliphatic heterocycles. The summed E-state index contributed by atoms with van der Waals surface area (Å²) in [6.45, 7) is 7.17. The molecule has 182 valence electrons. The van der Waals surface area contributed by atoms with Crippen LogP contribution in [0, 0.1) is 0 Å². The van der Waals surface area contributed by atoms with Crippen LogP contribution in [0.15, 0.2) is 36.1 Å². The second-order valence-electron chi connectivity index (χ2n) is 9.03. The molecule has 1 aromatic carbocycles. The number of hydrogen-bond donors (Lipinski definition) is 0. The molecular weight excluding hydrogens is 436 g/mol. The largest absolute Gasteiger partial charge is 0.497 e. The van der Waals surface area contributed by atoms with E-state index in [2.05, 4.69) is 18.7 Å². The number of carbonyl (C=O) groups excluding carboxylic acids is 2. The van der Waals surface area contributed by atoms with Gasteiger partial charge in [-0.2, -0.15) is 0 Å². The maximum absolute atomic E-state index is 12.8. The lowest BCUT2D eigenvalue weighted by Crippen LogP contribution is -2.49. The lowest BCUT2D eigenvalue weighted by Gasteiger charge is -2.36. The zero-order valence-electron chi connectivity index (χ0n) is 20.3. The highest BCUT2D eigenvalue weighted by Crippen LogP contribution is 2.44. The molecule has 2 heterocycles. The molecule has 1 unspecified atom stereocenters. The van der Waals surface area contributed by atoms with Gasteiger partial charge in [0.25, 0.3) is 5.91 Å². The molecule has 33 heavy (non-hydrogen) atoms. The quantitative estimate of drug-likeness (QED) is 0.396. The Morgan fingerprint density at radius 2 is 1.70 bits per heavy atom. The molecule has 0 radical (unpaired) electrons. The monoisotopic (exact) mass is 474 g/mol. The van der Waals surface area contributed by atoms with Crippen molar-refractivity contribution in [1.82, 2.24) is 4.90 Å². The molecule has 1 saturated heterocycles. The Labute approximate surface area is 202 Å². The van der Waals surface area contributed by atoms with E-state index in [1.165, 1.54) is 43.9 Å². The first-order chi connectivity index (χ1) is 15.9. The number of ether oxygens (including phenoxy) is 2. The fourth-order valence-corrected chi connectivity index (χ4v) is 5.49. The van der Waals surface area contributed by atoms with Crippen molar-refractivity contribution < 1.29 is 19.1 Å². The highest BCUT2D eigenvalue weighted by atomic mass is 32.2. The molecule has 1 amide bonds. The highest BCUT2D eigenvalue weighted by molar-refractivity contribution is 8.15. The molecular formula is C26H38N2O4S. The van der Waals surface area contributed by atoms with Gasteiger partial charge in [-0.25, -0.2) is 0 Å². The van der Waals surface area contributed by atoms with E-state index in [1.807, 2.05) is 29.2 Å². The first-order valence-electron chi connectivity index (χ1n) is 12.2. The van der Waals surface area contributed by atoms with Crippen LogP contribution in [0.1, 0.15) is 58.8 Å². The Bertz CT molecular complexity index is 818. The van der Waals surface area contributed by atoms with Gasteiger partial charge in [0.05, 0.1) is 11.9 Å². The second kappa shape index (κ2) is 12.4. The number of piperazine rings is 1. The van der Waals surface area contributed by atoms with Gasteiger partial charge in [-0.15, -0.1) is 0 Å². The minimum atomic E-state index is -0.352. The Morgan fingerprint density at radius 3 is 2.36 bits per heavy atom. The summed E-state index contributed by atoms with van der Waals surface area (Å²) in [6, 6.07) is 8.01. The number of carbonyl (C=O) groups is 2. The van der Waals surface area contributed by atoms with Crippen LogP contribution in [-0.4, -0.2) is 60.6 Å². The van der Waals surface area contributed by atoms with E-state index in [1.54, 1.807) is 13.2 Å². The van der Waals surface area contributed by atoms with Crippen LogP contribution in [0.4, 0.5) is 5.69 Å². The fourth-order valence-electron chi connectivity index (χ4n) is 4.41. The molecule has 0 aliphatic carbocycles. The molecule has 1 atom stereocenters. The van der Waals surface area contributed by atoms with Gasteiger partial charge < -0.3 is 19.3 Å². The standard InChI is InChI=1S/C26H38N2O4S/c1-4-5-6-7-8-9-14-26(2)23(19-25(30)33-26)32-20-24(29)28-17-15-27(16-18-28)21-10-12-22(31-3)13-11-21/h10-13,19H,4-9,14-18,20H2,1-3H3. The molecule has 1 aromatic rings. The second-order valence-corrected chi connectivity index (χ2v) is 10.5. The first kappa shape index (κ1) is 25.5. The summed E-state index contributed by atoms with van der Waals surface area (Å²) in [5.41, 5.74) is 1.14. The highest BCUT2D eigenvalue weighted by Gasteiger charge is 2.39. The van der Waals surface area contributed by atoms with Crippen molar-refractivity contribution in [3.05, 3.63) is 36.1 Å². The third-order valence-electron chi connectivity index (χ3n) is 6.52. The number of rotatable bonds is 12. The molecule has 0 bridgehead atoms. The van der Waals surface area contributed by atoms with E-state index in [-0.39, 0.29) is 22.4 Å². The SMILES string of the molecule is CCCCCCCCC1(C)SC(=O)C=C1OCC(=O)N1CCN(c2ccc(OC)cc2)CC1. The molecule has 0 spiro atoms. The number of hydrogen-bond acceptors (Lipinski definition) is 6. The molecule has 2 aliphatic rings. The summed E-state index contributed by atoms with van der Waals surface area (Å²) < 4.78 is 10.8. The maximum atomic E-state index is 12.8. The minimum absolute atomic E-state index is 0.00566. The third-order valence-corrected chi connectivity index (χ3v) is 7.70. The maximum Gasteiger partial charge on any atom is 0.260 e. The number of nitrogens with zero attached hydrogens (tertiary/aromatic N) is 2. The summed E-state index contributed by atoms with van der Waals surface area (Å²) in [6.07, 6.45) is 9.77. The predicted octanol–water partition coefficient (Wildman–Crippen LogP) is 5.03. The number of methoxy groups -OCH3 is 1. The summed E-state index contributed by atoms with van der Waals surface area (Å²) in [4.78, 5) is 29.0. The van der Waals surface area contributed by atoms with Crippen molar-refractivity contribution in [2.45, 2.75) is 63.5 Å². The van der Waals surface area contributed by atoms with Gasteiger partial charge in [-0.1, -0.05) is 57.2 Å². The summed E-state index contributed by atoms with van der Waals surface area (Å²) in [5.74, 6) is 1.49. The molecule has 0 saturated carbocycles. The van der Waals surface area contributed by atoms with E-state index in [9.17, 15) is 9.59 Å². The van der Waals surface area contributed by atoms with E-state index in [0.29, 0.717) is 18.8 Å². The summed E-state index contributed by atoms with van der Waals surface area (Å²) in [7, 11) is 1.66. The summed E-state index contributed by atoms with van der Waals surface area (Å²) in [5, 5.41) is 0.0269. The Kier molecular flexibility index (Phi) is 9.53. The van der Waals surface area contributed by atoms with Gasteiger partial charge in [0.15, 0.2) is 6.61 Å². The van der Waals surface area contributed by atoms with Gasteiger partial charge in [-0.3, -0.25) is 9.59 Å². The van der Waals surface area contributed by atoms with Crippen molar-refractivity contribution >= 4 is 28.5 Å². The van der Waals surface area contributed by atoms with Crippen LogP contribution < -0.4 is 9.64 Å². The van der Waals surface area contributed by atoms with Crippen LogP contribution in [0.2, 0.25) is 0 Å². The van der Waals surface area contributed by atoms with Crippen molar-refractivity contribution in [2.24, 2.45) is 0 Å². The van der Waals surface area contributed by atoms with Gasteiger partial charge in [0.1, 0.15) is 11.5 Å². The number of thioether (sulfide) groups is 1. The fraction of sp³-hybridized carbons (Fsp3) is 0.615. The van der Waals surface area contributed by atoms with Gasteiger partial charge in [0.2, 0.25) is 5.12 Å². The van der Waals surface area contributed by atoms with E-state index in [4.69, 9.17) is 9.47 Å². The average Bonchev–Trinajstić information content (AvgIpc) is 3.13. The van der Waals surface area contributed by atoms with Crippen LogP contribution in [0.5, 0.6) is 5.75 Å². The molecule has 1 fully saturated rings. The zero-order valence-corrected chi connectivity index (χ0v) is 21.1. The Hall–Kier alpha value is -2.15. The molecule has 0 N–H and O–H groups in total. The Morgan fingerprint density at radius 1 is 1.03 bits per heavy atom. The van der Waals surface area contributed by atoms with Gasteiger partial charge in [0, 0.05) is 37.9 Å². The molecule has 7 heteroatoms. The van der Waals surface area contributed by atoms with Crippen LogP contribution in [0.3, 0.4) is 0 Å². The minimum Gasteiger partial charge on any atom is -0.497 e. The topological polar surface area (TPSA) is 59.1 Å². The number of amides is 1. The lowest BCUT2D eigenvalue weighted by molar-refractivity contribution is -0.135. The van der Waals surface area contributed by atoms with E-state index in [0.717, 1.165) is 37.4 Å². The smallest absolute Gasteiger partial charge is 0.260 e. The lowest BCUT2D eigenvalue weighted by atomic mass is 9.99. The van der Waals surface area contributed by atoms with Crippen LogP contribution in [0.25, 0.3) is 0 Å². The molecule has 3 rings (SSSR count). The van der Waals surface area contributed by atoms with Gasteiger partial charge >= 0.3 is 0 Å². The molecule has 0 aromatic heterocycles. The van der Waals surface area contributed by atoms with E-state index >= 15 is 0 Å². The number of benzene rings is 1. The van der Waals surface area contributed by atoms with Crippen molar-refractivity contribution in [3.8, 4) is 5.75 Å². The Balaban J connectivity index is 1.43. The number of unbranched alkanes of at least 4 members (excludes halogenated alkanes) is 5. The predicted molar refractivity (Wildman–Crippen MR) is 135 cm³/mol. The van der Waals surface area contributed by atoms with Crippen LogP contribution in [-0.2, 0) is 14.3 Å². The van der Waals surface area contributed by atoms with Crippen molar-refractivity contribution in [3.63, 3.8) is 0 Å². The van der Waals surface area contributed by atoms with Crippen molar-refractivity contribution in [1.29, 1.82) is 0 Å².